The Morgan fingerprint density at radius 3 is 2.58 bits per heavy atom. The molecule has 1 saturated carbocycles. The molecule has 1 nitrogen and oxygen atoms in total. The number of nitrogens with one attached hydrogen (secondary N) is 1. The van der Waals surface area contributed by atoms with Crippen LogP contribution in [0.3, 0.4) is 0 Å². The number of benzene rings is 1. The standard InChI is InChI=1S/C18H29N/c1-15-8-7-9-16(12-15)13-19-14-18(2,3)17-10-5-4-6-11-17/h4-6,10-11,15-16,19H,7-9,12-14H2,1-3H3. The predicted molar refractivity (Wildman–Crippen MR) is 83.5 cm³/mol. The monoisotopic (exact) mass is 259 g/mol. The third-order valence-corrected chi connectivity index (χ3v) is 4.60. The molecule has 0 saturated heterocycles. The van der Waals surface area contributed by atoms with Crippen LogP contribution < -0.4 is 5.32 Å². The van der Waals surface area contributed by atoms with Crippen molar-refractivity contribution < 1.29 is 0 Å². The Balaban J connectivity index is 1.78. The van der Waals surface area contributed by atoms with Gasteiger partial charge < -0.3 is 5.32 Å². The summed E-state index contributed by atoms with van der Waals surface area (Å²) in [6.45, 7) is 9.33. The van der Waals surface area contributed by atoms with Crippen LogP contribution in [0.25, 0.3) is 0 Å². The van der Waals surface area contributed by atoms with E-state index in [1.165, 1.54) is 37.8 Å². The summed E-state index contributed by atoms with van der Waals surface area (Å²) in [6.07, 6.45) is 5.70. The third kappa shape index (κ3) is 4.35. The van der Waals surface area contributed by atoms with Crippen molar-refractivity contribution in [1.29, 1.82) is 0 Å². The van der Waals surface area contributed by atoms with E-state index in [9.17, 15) is 0 Å². The second kappa shape index (κ2) is 6.56. The van der Waals surface area contributed by atoms with Gasteiger partial charge in [0.2, 0.25) is 0 Å². The molecule has 0 aromatic heterocycles. The predicted octanol–water partition coefficient (Wildman–Crippen LogP) is 4.38. The summed E-state index contributed by atoms with van der Waals surface area (Å²) in [4.78, 5) is 0. The topological polar surface area (TPSA) is 12.0 Å². The van der Waals surface area contributed by atoms with Crippen molar-refractivity contribution in [3.8, 4) is 0 Å². The highest BCUT2D eigenvalue weighted by Gasteiger charge is 2.22. The van der Waals surface area contributed by atoms with Crippen LogP contribution >= 0.6 is 0 Å². The molecule has 2 rings (SSSR count). The smallest absolute Gasteiger partial charge is 0.00432 e. The van der Waals surface area contributed by atoms with E-state index in [0.717, 1.165) is 18.4 Å². The fourth-order valence-corrected chi connectivity index (χ4v) is 3.33. The zero-order chi connectivity index (χ0) is 13.7. The van der Waals surface area contributed by atoms with E-state index in [1.54, 1.807) is 0 Å². The second-order valence-electron chi connectivity index (χ2n) is 7.02. The molecule has 0 amide bonds. The van der Waals surface area contributed by atoms with Crippen LogP contribution in [0.5, 0.6) is 0 Å². The molecule has 1 N–H and O–H groups in total. The Bertz CT molecular complexity index is 369. The molecule has 0 heterocycles. The number of hydrogen-bond acceptors (Lipinski definition) is 1. The maximum absolute atomic E-state index is 3.71. The Kier molecular flexibility index (Phi) is 5.04. The Morgan fingerprint density at radius 1 is 1.16 bits per heavy atom. The molecule has 0 aliphatic heterocycles. The summed E-state index contributed by atoms with van der Waals surface area (Å²) in [5.74, 6) is 1.83. The molecule has 0 bridgehead atoms. The highest BCUT2D eigenvalue weighted by Crippen LogP contribution is 2.28. The summed E-state index contributed by atoms with van der Waals surface area (Å²) in [5.41, 5.74) is 1.65. The maximum atomic E-state index is 3.71. The van der Waals surface area contributed by atoms with Crippen molar-refractivity contribution >= 4 is 0 Å². The first-order valence-electron chi connectivity index (χ1n) is 7.84. The molecule has 0 radical (unpaired) electrons. The minimum atomic E-state index is 0.224. The largest absolute Gasteiger partial charge is 0.316 e. The van der Waals surface area contributed by atoms with E-state index in [0.29, 0.717) is 0 Å². The summed E-state index contributed by atoms with van der Waals surface area (Å²) in [6, 6.07) is 10.9. The van der Waals surface area contributed by atoms with Gasteiger partial charge in [0.05, 0.1) is 0 Å². The van der Waals surface area contributed by atoms with Gasteiger partial charge in [0.25, 0.3) is 0 Å². The molecule has 1 aliphatic rings. The van der Waals surface area contributed by atoms with E-state index in [4.69, 9.17) is 0 Å². The number of hydrogen-bond donors (Lipinski definition) is 1. The first-order chi connectivity index (χ1) is 9.08. The van der Waals surface area contributed by atoms with E-state index in [2.05, 4.69) is 56.4 Å². The Labute approximate surface area is 118 Å². The summed E-state index contributed by atoms with van der Waals surface area (Å²) < 4.78 is 0. The normalized spacial score (nSPS) is 24.4. The van der Waals surface area contributed by atoms with Gasteiger partial charge in [-0.3, -0.25) is 0 Å². The molecular weight excluding hydrogens is 230 g/mol. The maximum Gasteiger partial charge on any atom is 0.00432 e. The fraction of sp³-hybridized carbons (Fsp3) is 0.667. The molecule has 1 aliphatic carbocycles. The van der Waals surface area contributed by atoms with E-state index < -0.39 is 0 Å². The quantitative estimate of drug-likeness (QED) is 0.827. The van der Waals surface area contributed by atoms with E-state index in [-0.39, 0.29) is 5.41 Å². The highest BCUT2D eigenvalue weighted by molar-refractivity contribution is 5.23. The van der Waals surface area contributed by atoms with Crippen LogP contribution in [0.1, 0.15) is 52.0 Å². The molecule has 19 heavy (non-hydrogen) atoms. The highest BCUT2D eigenvalue weighted by atomic mass is 14.9. The average molecular weight is 259 g/mol. The van der Waals surface area contributed by atoms with Crippen molar-refractivity contribution in [3.63, 3.8) is 0 Å². The van der Waals surface area contributed by atoms with Crippen molar-refractivity contribution in [1.82, 2.24) is 5.32 Å². The van der Waals surface area contributed by atoms with Crippen molar-refractivity contribution in [2.24, 2.45) is 11.8 Å². The summed E-state index contributed by atoms with van der Waals surface area (Å²) in [7, 11) is 0. The van der Waals surface area contributed by atoms with Gasteiger partial charge in [-0.1, -0.05) is 63.9 Å². The van der Waals surface area contributed by atoms with Gasteiger partial charge in [0, 0.05) is 12.0 Å². The van der Waals surface area contributed by atoms with E-state index >= 15 is 0 Å². The van der Waals surface area contributed by atoms with Gasteiger partial charge in [-0.25, -0.2) is 0 Å². The van der Waals surface area contributed by atoms with Crippen LogP contribution in [-0.2, 0) is 5.41 Å². The van der Waals surface area contributed by atoms with Crippen molar-refractivity contribution in [2.45, 2.75) is 51.9 Å². The molecule has 106 valence electrons. The van der Waals surface area contributed by atoms with Crippen molar-refractivity contribution in [3.05, 3.63) is 35.9 Å². The van der Waals surface area contributed by atoms with Gasteiger partial charge in [-0.15, -0.1) is 0 Å². The van der Waals surface area contributed by atoms with Crippen LogP contribution in [0.15, 0.2) is 30.3 Å². The molecule has 1 aromatic carbocycles. The lowest BCUT2D eigenvalue weighted by atomic mass is 9.81. The second-order valence-corrected chi connectivity index (χ2v) is 7.02. The van der Waals surface area contributed by atoms with Gasteiger partial charge in [0.1, 0.15) is 0 Å². The van der Waals surface area contributed by atoms with Gasteiger partial charge >= 0.3 is 0 Å². The molecule has 2 unspecified atom stereocenters. The fourth-order valence-electron chi connectivity index (χ4n) is 3.33. The lowest BCUT2D eigenvalue weighted by Gasteiger charge is -2.30. The average Bonchev–Trinajstić information content (AvgIpc) is 2.40. The molecule has 1 fully saturated rings. The van der Waals surface area contributed by atoms with Crippen LogP contribution in [0.2, 0.25) is 0 Å². The molecule has 1 heteroatoms. The van der Waals surface area contributed by atoms with Gasteiger partial charge in [-0.2, -0.15) is 0 Å². The minimum Gasteiger partial charge on any atom is -0.316 e. The Hall–Kier alpha value is -0.820. The lowest BCUT2D eigenvalue weighted by Crippen LogP contribution is -2.36. The van der Waals surface area contributed by atoms with Crippen molar-refractivity contribution in [2.75, 3.05) is 13.1 Å². The summed E-state index contributed by atoms with van der Waals surface area (Å²) >= 11 is 0. The van der Waals surface area contributed by atoms with Gasteiger partial charge in [-0.05, 0) is 36.8 Å². The molecule has 1 aromatic rings. The third-order valence-electron chi connectivity index (χ3n) is 4.60. The number of rotatable bonds is 5. The molecule has 0 spiro atoms. The van der Waals surface area contributed by atoms with Crippen LogP contribution in [0, 0.1) is 11.8 Å². The SMILES string of the molecule is CC1CCCC(CNCC(C)(C)c2ccccc2)C1. The lowest BCUT2D eigenvalue weighted by molar-refractivity contribution is 0.269. The van der Waals surface area contributed by atoms with Crippen LogP contribution in [-0.4, -0.2) is 13.1 Å². The first-order valence-corrected chi connectivity index (χ1v) is 7.84. The molecule has 2 atom stereocenters. The molecular formula is C18H29N. The summed E-state index contributed by atoms with van der Waals surface area (Å²) in [5, 5.41) is 3.71. The Morgan fingerprint density at radius 2 is 1.89 bits per heavy atom. The first kappa shape index (κ1) is 14.6. The van der Waals surface area contributed by atoms with Gasteiger partial charge in [0.15, 0.2) is 0 Å². The zero-order valence-electron chi connectivity index (χ0n) is 12.8. The van der Waals surface area contributed by atoms with Crippen LogP contribution in [0.4, 0.5) is 0 Å². The zero-order valence-corrected chi connectivity index (χ0v) is 12.8. The minimum absolute atomic E-state index is 0.224. The van der Waals surface area contributed by atoms with E-state index in [1.807, 2.05) is 0 Å².